The standard InChI is InChI=1S/C23H29FN2O5S/c1-17(18-5-11-21(30-2)12-6-18)26-16-14-23(31-22(26)27,13-4-15-25-32(3,28)29)19-7-9-20(24)10-8-19/h5-12,17,25H,4,13-16H2,1-3H3/t17-,23-/m0/s1. The van der Waals surface area contributed by atoms with Gasteiger partial charge >= 0.3 is 6.09 Å². The summed E-state index contributed by atoms with van der Waals surface area (Å²) in [6.07, 6.45) is 2.02. The van der Waals surface area contributed by atoms with Crippen molar-refractivity contribution in [1.29, 1.82) is 0 Å². The second-order valence-corrected chi connectivity index (χ2v) is 9.86. The van der Waals surface area contributed by atoms with Crippen molar-refractivity contribution >= 4 is 16.1 Å². The minimum Gasteiger partial charge on any atom is -0.497 e. The lowest BCUT2D eigenvalue weighted by atomic mass is 9.84. The number of methoxy groups -OCH3 is 1. The van der Waals surface area contributed by atoms with Crippen molar-refractivity contribution in [3.63, 3.8) is 0 Å². The van der Waals surface area contributed by atoms with Crippen LogP contribution >= 0.6 is 0 Å². The lowest BCUT2D eigenvalue weighted by molar-refractivity contribution is -0.0662. The Kier molecular flexibility index (Phi) is 7.40. The van der Waals surface area contributed by atoms with Crippen LogP contribution in [0.1, 0.15) is 43.4 Å². The predicted molar refractivity (Wildman–Crippen MR) is 119 cm³/mol. The molecule has 9 heteroatoms. The van der Waals surface area contributed by atoms with Crippen LogP contribution in [0.5, 0.6) is 5.75 Å². The zero-order valence-electron chi connectivity index (χ0n) is 18.5. The van der Waals surface area contributed by atoms with E-state index >= 15 is 0 Å². The Labute approximate surface area is 188 Å². The Morgan fingerprint density at radius 3 is 2.41 bits per heavy atom. The van der Waals surface area contributed by atoms with E-state index in [1.165, 1.54) is 12.1 Å². The van der Waals surface area contributed by atoms with E-state index in [1.54, 1.807) is 24.1 Å². The first-order chi connectivity index (χ1) is 15.1. The molecule has 2 aromatic carbocycles. The average Bonchev–Trinajstić information content (AvgIpc) is 2.76. The second kappa shape index (κ2) is 9.87. The molecule has 1 amide bonds. The largest absolute Gasteiger partial charge is 0.497 e. The van der Waals surface area contributed by atoms with Crippen LogP contribution in [0.4, 0.5) is 9.18 Å². The second-order valence-electron chi connectivity index (χ2n) is 8.03. The van der Waals surface area contributed by atoms with Gasteiger partial charge in [0.15, 0.2) is 0 Å². The van der Waals surface area contributed by atoms with Crippen LogP contribution in [-0.4, -0.2) is 45.9 Å². The number of rotatable bonds is 9. The van der Waals surface area contributed by atoms with E-state index in [1.807, 2.05) is 31.2 Å². The maximum Gasteiger partial charge on any atom is 0.411 e. The van der Waals surface area contributed by atoms with Gasteiger partial charge in [0, 0.05) is 19.5 Å². The number of nitrogens with zero attached hydrogens (tertiary/aromatic N) is 1. The predicted octanol–water partition coefficient (Wildman–Crippen LogP) is 3.96. The number of hydrogen-bond donors (Lipinski definition) is 1. The fraction of sp³-hybridized carbons (Fsp3) is 0.435. The molecule has 1 aliphatic heterocycles. The molecule has 3 rings (SSSR count). The lowest BCUT2D eigenvalue weighted by Crippen LogP contribution is -2.49. The van der Waals surface area contributed by atoms with Crippen LogP contribution in [0.15, 0.2) is 48.5 Å². The van der Waals surface area contributed by atoms with Crippen LogP contribution in [0.25, 0.3) is 0 Å². The van der Waals surface area contributed by atoms with E-state index < -0.39 is 21.7 Å². The number of cyclic esters (lactones) is 1. The van der Waals surface area contributed by atoms with E-state index in [9.17, 15) is 17.6 Å². The maximum absolute atomic E-state index is 13.5. The first kappa shape index (κ1) is 24.0. The number of hydrogen-bond acceptors (Lipinski definition) is 5. The molecule has 0 aromatic heterocycles. The van der Waals surface area contributed by atoms with E-state index in [0.29, 0.717) is 31.4 Å². The van der Waals surface area contributed by atoms with Gasteiger partial charge in [-0.3, -0.25) is 0 Å². The van der Waals surface area contributed by atoms with Crippen molar-refractivity contribution in [3.05, 3.63) is 65.5 Å². The normalized spacial score (nSPS) is 20.0. The van der Waals surface area contributed by atoms with Gasteiger partial charge in [-0.05, 0) is 55.2 Å². The number of halogens is 1. The fourth-order valence-corrected chi connectivity index (χ4v) is 4.51. The summed E-state index contributed by atoms with van der Waals surface area (Å²) in [4.78, 5) is 14.7. The first-order valence-corrected chi connectivity index (χ1v) is 12.4. The van der Waals surface area contributed by atoms with Crippen LogP contribution in [0.2, 0.25) is 0 Å². The molecule has 0 radical (unpaired) electrons. The molecule has 0 saturated carbocycles. The molecule has 1 heterocycles. The monoisotopic (exact) mass is 464 g/mol. The van der Waals surface area contributed by atoms with Crippen LogP contribution in [0, 0.1) is 5.82 Å². The molecular weight excluding hydrogens is 435 g/mol. The van der Waals surface area contributed by atoms with Crippen molar-refractivity contribution in [2.75, 3.05) is 26.5 Å². The van der Waals surface area contributed by atoms with Gasteiger partial charge < -0.3 is 14.4 Å². The van der Waals surface area contributed by atoms with Crippen molar-refractivity contribution in [1.82, 2.24) is 9.62 Å². The van der Waals surface area contributed by atoms with Crippen LogP contribution in [-0.2, 0) is 20.4 Å². The molecule has 0 bridgehead atoms. The van der Waals surface area contributed by atoms with E-state index in [4.69, 9.17) is 9.47 Å². The van der Waals surface area contributed by atoms with Gasteiger partial charge in [-0.15, -0.1) is 0 Å². The summed E-state index contributed by atoms with van der Waals surface area (Å²) >= 11 is 0. The van der Waals surface area contributed by atoms with Crippen molar-refractivity contribution in [2.24, 2.45) is 0 Å². The van der Waals surface area contributed by atoms with E-state index in [-0.39, 0.29) is 18.4 Å². The molecule has 0 spiro atoms. The van der Waals surface area contributed by atoms with E-state index in [0.717, 1.165) is 17.6 Å². The molecule has 0 aliphatic carbocycles. The molecule has 2 atom stereocenters. The molecule has 32 heavy (non-hydrogen) atoms. The van der Waals surface area contributed by atoms with Crippen LogP contribution < -0.4 is 9.46 Å². The fourth-order valence-electron chi connectivity index (χ4n) is 3.99. The average molecular weight is 465 g/mol. The molecule has 7 nitrogen and oxygen atoms in total. The summed E-state index contributed by atoms with van der Waals surface area (Å²) in [7, 11) is -1.71. The van der Waals surface area contributed by atoms with Gasteiger partial charge in [-0.2, -0.15) is 0 Å². The molecule has 1 N–H and O–H groups in total. The third kappa shape index (κ3) is 5.77. The highest BCUT2D eigenvalue weighted by Gasteiger charge is 2.43. The molecule has 2 aromatic rings. The summed E-state index contributed by atoms with van der Waals surface area (Å²) in [5.41, 5.74) is 0.706. The van der Waals surface area contributed by atoms with Gasteiger partial charge in [-0.25, -0.2) is 22.3 Å². The van der Waals surface area contributed by atoms with E-state index in [2.05, 4.69) is 4.72 Å². The third-order valence-corrected chi connectivity index (χ3v) is 6.56. The molecule has 1 aliphatic rings. The van der Waals surface area contributed by atoms with Crippen LogP contribution in [0.3, 0.4) is 0 Å². The zero-order chi connectivity index (χ0) is 23.4. The quantitative estimate of drug-likeness (QED) is 0.568. The summed E-state index contributed by atoms with van der Waals surface area (Å²) in [5.74, 6) is 0.361. The van der Waals surface area contributed by atoms with Gasteiger partial charge in [0.2, 0.25) is 10.0 Å². The first-order valence-electron chi connectivity index (χ1n) is 10.5. The smallest absolute Gasteiger partial charge is 0.411 e. The lowest BCUT2D eigenvalue weighted by Gasteiger charge is -2.43. The highest BCUT2D eigenvalue weighted by molar-refractivity contribution is 7.88. The summed E-state index contributed by atoms with van der Waals surface area (Å²) in [6, 6.07) is 13.2. The SMILES string of the molecule is COc1ccc([C@H](C)N2CC[C@@](CCCNS(C)(=O)=O)(c3ccc(F)cc3)OC2=O)cc1. The number of carbonyl (C=O) groups is 1. The van der Waals surface area contributed by atoms with Gasteiger partial charge in [0.25, 0.3) is 0 Å². The molecule has 1 fully saturated rings. The summed E-state index contributed by atoms with van der Waals surface area (Å²) < 4.78 is 49.9. The number of ether oxygens (including phenoxy) is 2. The van der Waals surface area contributed by atoms with Crippen molar-refractivity contribution in [3.8, 4) is 5.75 Å². The summed E-state index contributed by atoms with van der Waals surface area (Å²) in [6.45, 7) is 2.61. The topological polar surface area (TPSA) is 84.9 Å². The van der Waals surface area contributed by atoms with Gasteiger partial charge in [0.1, 0.15) is 17.2 Å². The number of carbonyl (C=O) groups excluding carboxylic acids is 1. The Morgan fingerprint density at radius 2 is 1.84 bits per heavy atom. The Bertz CT molecular complexity index is 1030. The minimum atomic E-state index is -3.31. The highest BCUT2D eigenvalue weighted by atomic mass is 32.2. The van der Waals surface area contributed by atoms with Crippen molar-refractivity contribution in [2.45, 2.75) is 37.8 Å². The molecule has 174 valence electrons. The number of benzene rings is 2. The number of nitrogens with one attached hydrogen (secondary N) is 1. The molecule has 1 saturated heterocycles. The number of amides is 1. The Hall–Kier alpha value is -2.65. The van der Waals surface area contributed by atoms with Gasteiger partial charge in [-0.1, -0.05) is 24.3 Å². The Balaban J connectivity index is 1.77. The van der Waals surface area contributed by atoms with Crippen molar-refractivity contribution < 1.29 is 27.1 Å². The Morgan fingerprint density at radius 1 is 1.19 bits per heavy atom. The summed E-state index contributed by atoms with van der Waals surface area (Å²) in [5, 5.41) is 0. The van der Waals surface area contributed by atoms with Gasteiger partial charge in [0.05, 0.1) is 19.4 Å². The highest BCUT2D eigenvalue weighted by Crippen LogP contribution is 2.40. The molecular formula is C23H29FN2O5S. The third-order valence-electron chi connectivity index (χ3n) is 5.83. The minimum absolute atomic E-state index is 0.202. The maximum atomic E-state index is 13.5. The zero-order valence-corrected chi connectivity index (χ0v) is 19.3. The number of sulfonamides is 1. The molecule has 0 unspecified atom stereocenters.